The number of methoxy groups -OCH3 is 3. The van der Waals surface area contributed by atoms with Crippen LogP contribution in [0.1, 0.15) is 38.7 Å². The molecule has 0 bridgehead atoms. The van der Waals surface area contributed by atoms with Crippen molar-refractivity contribution in [3.63, 3.8) is 0 Å². The zero-order valence-corrected chi connectivity index (χ0v) is 16.5. The number of benzene rings is 1. The number of hydrogen-bond acceptors (Lipinski definition) is 7. The van der Waals surface area contributed by atoms with Crippen molar-refractivity contribution >= 4 is 17.3 Å². The van der Waals surface area contributed by atoms with Crippen LogP contribution in [-0.2, 0) is 14.4 Å². The Morgan fingerprint density at radius 1 is 1.04 bits per heavy atom. The SMILES string of the molecule is COc1cc([C@H]2[C@H](C(C)=O)C(=O)C[C@](C)(O)[C@H]2C(C)=O)cc(OC)c1OC. The average molecular weight is 378 g/mol. The van der Waals surface area contributed by atoms with E-state index in [1.54, 1.807) is 12.1 Å². The molecule has 0 unspecified atom stereocenters. The molecular formula is C20H26O7. The summed E-state index contributed by atoms with van der Waals surface area (Å²) in [4.78, 5) is 37.4. The van der Waals surface area contributed by atoms with E-state index in [2.05, 4.69) is 0 Å². The summed E-state index contributed by atoms with van der Waals surface area (Å²) in [6, 6.07) is 3.24. The monoisotopic (exact) mass is 378 g/mol. The van der Waals surface area contributed by atoms with Gasteiger partial charge in [-0.25, -0.2) is 0 Å². The summed E-state index contributed by atoms with van der Waals surface area (Å²) in [7, 11) is 4.37. The van der Waals surface area contributed by atoms with E-state index < -0.39 is 23.4 Å². The van der Waals surface area contributed by atoms with Crippen LogP contribution in [0, 0.1) is 11.8 Å². The van der Waals surface area contributed by atoms with Crippen molar-refractivity contribution in [2.75, 3.05) is 21.3 Å². The molecule has 1 aromatic rings. The first-order valence-electron chi connectivity index (χ1n) is 8.64. The molecule has 1 saturated carbocycles. The molecule has 4 atom stereocenters. The van der Waals surface area contributed by atoms with E-state index in [9.17, 15) is 19.5 Å². The van der Waals surface area contributed by atoms with Crippen LogP contribution in [0.5, 0.6) is 17.2 Å². The van der Waals surface area contributed by atoms with Gasteiger partial charge in [-0.1, -0.05) is 0 Å². The van der Waals surface area contributed by atoms with Gasteiger partial charge in [0, 0.05) is 12.3 Å². The van der Waals surface area contributed by atoms with Crippen LogP contribution in [0.2, 0.25) is 0 Å². The molecule has 0 aliphatic heterocycles. The summed E-state index contributed by atoms with van der Waals surface area (Å²) in [6.45, 7) is 4.14. The molecular weight excluding hydrogens is 352 g/mol. The smallest absolute Gasteiger partial charge is 0.203 e. The van der Waals surface area contributed by atoms with Gasteiger partial charge in [0.05, 0.1) is 38.8 Å². The third kappa shape index (κ3) is 3.69. The van der Waals surface area contributed by atoms with Crippen LogP contribution in [0.3, 0.4) is 0 Å². The van der Waals surface area contributed by atoms with Crippen LogP contribution >= 0.6 is 0 Å². The lowest BCUT2D eigenvalue weighted by Crippen LogP contribution is -2.53. The quantitative estimate of drug-likeness (QED) is 0.755. The number of hydrogen-bond donors (Lipinski definition) is 1. The number of ether oxygens (including phenoxy) is 3. The number of rotatable bonds is 6. The largest absolute Gasteiger partial charge is 0.493 e. The molecule has 27 heavy (non-hydrogen) atoms. The lowest BCUT2D eigenvalue weighted by atomic mass is 9.60. The van der Waals surface area contributed by atoms with Crippen molar-refractivity contribution in [2.24, 2.45) is 11.8 Å². The molecule has 2 rings (SSSR count). The number of aliphatic hydroxyl groups is 1. The van der Waals surface area contributed by atoms with Gasteiger partial charge in [0.1, 0.15) is 17.3 Å². The zero-order chi connectivity index (χ0) is 20.5. The van der Waals surface area contributed by atoms with E-state index in [1.165, 1.54) is 42.1 Å². The fourth-order valence-electron chi connectivity index (χ4n) is 4.20. The van der Waals surface area contributed by atoms with Gasteiger partial charge in [0.25, 0.3) is 0 Å². The number of carbonyl (C=O) groups excluding carboxylic acids is 3. The van der Waals surface area contributed by atoms with Crippen molar-refractivity contribution in [2.45, 2.75) is 38.7 Å². The second-order valence-electron chi connectivity index (χ2n) is 7.16. The second kappa shape index (κ2) is 7.68. The molecule has 0 radical (unpaired) electrons. The normalized spacial score (nSPS) is 27.8. The van der Waals surface area contributed by atoms with Crippen LogP contribution in [0.4, 0.5) is 0 Å². The fraction of sp³-hybridized carbons (Fsp3) is 0.550. The van der Waals surface area contributed by atoms with E-state index >= 15 is 0 Å². The first-order valence-corrected chi connectivity index (χ1v) is 8.64. The highest BCUT2D eigenvalue weighted by Crippen LogP contribution is 2.49. The lowest BCUT2D eigenvalue weighted by Gasteiger charge is -2.44. The minimum atomic E-state index is -1.56. The van der Waals surface area contributed by atoms with Gasteiger partial charge in [-0.05, 0) is 38.5 Å². The molecule has 7 heteroatoms. The topological polar surface area (TPSA) is 99.1 Å². The highest BCUT2D eigenvalue weighted by molar-refractivity contribution is 6.05. The summed E-state index contributed by atoms with van der Waals surface area (Å²) in [5.74, 6) is -2.76. The first kappa shape index (κ1) is 20.9. The van der Waals surface area contributed by atoms with Gasteiger partial charge in [0.2, 0.25) is 5.75 Å². The van der Waals surface area contributed by atoms with Gasteiger partial charge in [-0.2, -0.15) is 0 Å². The molecule has 1 aromatic carbocycles. The Bertz CT molecular complexity index is 741. The Balaban J connectivity index is 2.77. The van der Waals surface area contributed by atoms with Crippen LogP contribution < -0.4 is 14.2 Å². The molecule has 0 aromatic heterocycles. The molecule has 7 nitrogen and oxygen atoms in total. The van der Waals surface area contributed by atoms with Crippen molar-refractivity contribution in [3.8, 4) is 17.2 Å². The van der Waals surface area contributed by atoms with Crippen LogP contribution in [0.25, 0.3) is 0 Å². The minimum absolute atomic E-state index is 0.248. The Morgan fingerprint density at radius 3 is 1.93 bits per heavy atom. The highest BCUT2D eigenvalue weighted by atomic mass is 16.5. The highest BCUT2D eigenvalue weighted by Gasteiger charge is 2.54. The molecule has 1 aliphatic carbocycles. The van der Waals surface area contributed by atoms with Crippen molar-refractivity contribution in [1.29, 1.82) is 0 Å². The summed E-state index contributed by atoms with van der Waals surface area (Å²) in [6.07, 6.45) is -0.248. The van der Waals surface area contributed by atoms with Gasteiger partial charge >= 0.3 is 0 Å². The minimum Gasteiger partial charge on any atom is -0.493 e. The van der Waals surface area contributed by atoms with Crippen molar-refractivity contribution in [3.05, 3.63) is 17.7 Å². The van der Waals surface area contributed by atoms with E-state index in [0.29, 0.717) is 22.8 Å². The predicted octanol–water partition coefficient (Wildman–Crippen LogP) is 1.93. The maximum atomic E-state index is 12.7. The molecule has 148 valence electrons. The third-order valence-electron chi connectivity index (χ3n) is 5.22. The van der Waals surface area contributed by atoms with E-state index in [0.717, 1.165) is 0 Å². The van der Waals surface area contributed by atoms with Gasteiger partial charge in [0.15, 0.2) is 11.5 Å². The summed E-state index contributed by atoms with van der Waals surface area (Å²) in [5, 5.41) is 10.8. The molecule has 0 heterocycles. The maximum absolute atomic E-state index is 12.7. The summed E-state index contributed by atoms with van der Waals surface area (Å²) < 4.78 is 16.0. The molecule has 0 amide bonds. The maximum Gasteiger partial charge on any atom is 0.203 e. The number of Topliss-reactive ketones (excluding diaryl/α,β-unsaturated/α-hetero) is 3. The van der Waals surface area contributed by atoms with Gasteiger partial charge in [-0.15, -0.1) is 0 Å². The first-order chi connectivity index (χ1) is 12.6. The zero-order valence-electron chi connectivity index (χ0n) is 16.5. The number of carbonyl (C=O) groups is 3. The summed E-state index contributed by atoms with van der Waals surface area (Å²) in [5.41, 5.74) is -1.06. The Hall–Kier alpha value is -2.41. The molecule has 1 N–H and O–H groups in total. The Kier molecular flexibility index (Phi) is 5.94. The molecule has 0 saturated heterocycles. The Morgan fingerprint density at radius 2 is 1.56 bits per heavy atom. The predicted molar refractivity (Wildman–Crippen MR) is 97.4 cm³/mol. The molecule has 1 fully saturated rings. The van der Waals surface area contributed by atoms with Crippen LogP contribution in [0.15, 0.2) is 12.1 Å². The van der Waals surface area contributed by atoms with E-state index in [1.807, 2.05) is 0 Å². The third-order valence-corrected chi connectivity index (χ3v) is 5.22. The van der Waals surface area contributed by atoms with Crippen molar-refractivity contribution in [1.82, 2.24) is 0 Å². The standard InChI is InChI=1S/C20H26O7/c1-10(21)16-13(23)9-20(3,24)18(11(2)22)17(16)12-7-14(25-4)19(27-6)15(8-12)26-5/h7-8,16-18,24H,9H2,1-6H3/t16-,17+,18+,20+/m1/s1. The van der Waals surface area contributed by atoms with Crippen molar-refractivity contribution < 1.29 is 33.7 Å². The second-order valence-corrected chi connectivity index (χ2v) is 7.16. The van der Waals surface area contributed by atoms with E-state index in [4.69, 9.17) is 14.2 Å². The van der Waals surface area contributed by atoms with Crippen LogP contribution in [-0.4, -0.2) is 49.4 Å². The fourth-order valence-corrected chi connectivity index (χ4v) is 4.20. The Labute approximate surface area is 158 Å². The van der Waals surface area contributed by atoms with Gasteiger partial charge < -0.3 is 19.3 Å². The lowest BCUT2D eigenvalue weighted by molar-refractivity contribution is -0.151. The molecule has 0 spiro atoms. The summed E-state index contributed by atoms with van der Waals surface area (Å²) >= 11 is 0. The average Bonchev–Trinajstić information content (AvgIpc) is 2.57. The van der Waals surface area contributed by atoms with E-state index in [-0.39, 0.29) is 23.8 Å². The number of ketones is 3. The molecule has 1 aliphatic rings. The van der Waals surface area contributed by atoms with Gasteiger partial charge in [-0.3, -0.25) is 14.4 Å².